The van der Waals surface area contributed by atoms with Crippen molar-refractivity contribution in [3.63, 3.8) is 0 Å². The molecule has 1 aromatic carbocycles. The molecular weight excluding hydrogens is 418 g/mol. The normalized spacial score (nSPS) is 20.9. The number of carbonyl (C=O) groups is 3. The van der Waals surface area contributed by atoms with E-state index in [2.05, 4.69) is 5.32 Å². The van der Waals surface area contributed by atoms with Gasteiger partial charge in [0.15, 0.2) is 0 Å². The predicted molar refractivity (Wildman–Crippen MR) is 104 cm³/mol. The molecule has 1 aromatic rings. The van der Waals surface area contributed by atoms with E-state index < -0.39 is 57.8 Å². The van der Waals surface area contributed by atoms with Crippen molar-refractivity contribution in [2.75, 3.05) is 5.75 Å². The van der Waals surface area contributed by atoms with Crippen LogP contribution in [0.5, 0.6) is 0 Å². The van der Waals surface area contributed by atoms with Crippen molar-refractivity contribution in [1.82, 2.24) is 5.32 Å². The maximum absolute atomic E-state index is 12.7. The molecule has 2 rings (SSSR count). The molecule has 1 saturated heterocycles. The van der Waals surface area contributed by atoms with Gasteiger partial charge in [0.2, 0.25) is 12.0 Å². The second kappa shape index (κ2) is 9.43. The van der Waals surface area contributed by atoms with E-state index in [0.29, 0.717) is 5.56 Å². The Bertz CT molecular complexity index is 883. The van der Waals surface area contributed by atoms with Gasteiger partial charge in [0.25, 0.3) is 16.4 Å². The Balaban J connectivity index is 2.18. The number of rotatable bonds is 8. The topological polar surface area (TPSA) is 145 Å². The molecule has 0 aliphatic carbocycles. The summed E-state index contributed by atoms with van der Waals surface area (Å²) >= 11 is 0. The summed E-state index contributed by atoms with van der Waals surface area (Å²) in [5, 5.41) is 2.59. The third-order valence-electron chi connectivity index (χ3n) is 4.54. The van der Waals surface area contributed by atoms with Crippen molar-refractivity contribution in [2.45, 2.75) is 52.0 Å². The third kappa shape index (κ3) is 6.99. The second-order valence-electron chi connectivity index (χ2n) is 7.71. The number of nitrogens with one attached hydrogen (secondary N) is 1. The van der Waals surface area contributed by atoms with Gasteiger partial charge < -0.3 is 19.5 Å². The number of amides is 1. The summed E-state index contributed by atoms with van der Waals surface area (Å²) in [6.45, 7) is 4.47. The molecule has 11 heteroatoms. The molecule has 0 saturated carbocycles. The zero-order chi connectivity index (χ0) is 22.5. The molecule has 1 amide bonds. The van der Waals surface area contributed by atoms with Crippen molar-refractivity contribution in [3.8, 4) is 0 Å². The van der Waals surface area contributed by atoms with Crippen LogP contribution in [-0.2, 0) is 33.9 Å². The number of esters is 1. The Hall–Kier alpha value is -2.66. The fourth-order valence-electron chi connectivity index (χ4n) is 3.22. The first-order valence-electron chi connectivity index (χ1n) is 9.22. The number of hydrogen-bond acceptors (Lipinski definition) is 8. The van der Waals surface area contributed by atoms with E-state index in [0.717, 1.165) is 0 Å². The van der Waals surface area contributed by atoms with Crippen LogP contribution in [0.25, 0.3) is 0 Å². The highest BCUT2D eigenvalue weighted by molar-refractivity contribution is 7.85. The predicted octanol–water partition coefficient (Wildman–Crippen LogP) is 1.96. The summed E-state index contributed by atoms with van der Waals surface area (Å²) in [4.78, 5) is 36.3. The molecule has 1 heterocycles. The standard InChI is InChI=1S/C19H25NO9S/c1-12(21)20-14(9-10-30(24,25)26)11-19(2,3)15-16(22)28-17(29-18(23)27-15)13-7-5-4-6-8-13/h4-8,14-15,17H,9-11H2,1-3H3,(H,20,21)(H,24,25,26)/t14?,15-,17?/m0/s1. The van der Waals surface area contributed by atoms with E-state index >= 15 is 0 Å². The highest BCUT2D eigenvalue weighted by Crippen LogP contribution is 2.35. The minimum absolute atomic E-state index is 0.0607. The molecule has 30 heavy (non-hydrogen) atoms. The van der Waals surface area contributed by atoms with Crippen LogP contribution < -0.4 is 5.32 Å². The van der Waals surface area contributed by atoms with Crippen molar-refractivity contribution < 1.29 is 41.6 Å². The zero-order valence-electron chi connectivity index (χ0n) is 16.9. The SMILES string of the molecule is CC(=O)NC(CCS(=O)(=O)O)CC(C)(C)[C@H]1OC(=O)OC(c2ccccc2)OC1=O. The Morgan fingerprint density at radius 3 is 2.37 bits per heavy atom. The number of carbonyl (C=O) groups excluding carboxylic acids is 3. The highest BCUT2D eigenvalue weighted by atomic mass is 32.2. The van der Waals surface area contributed by atoms with E-state index in [1.807, 2.05) is 0 Å². The Morgan fingerprint density at radius 1 is 1.17 bits per heavy atom. The number of benzene rings is 1. The van der Waals surface area contributed by atoms with E-state index in [4.69, 9.17) is 18.8 Å². The van der Waals surface area contributed by atoms with Gasteiger partial charge in [0, 0.05) is 23.9 Å². The smallest absolute Gasteiger partial charge is 0.418 e. The largest absolute Gasteiger partial charge is 0.512 e. The van der Waals surface area contributed by atoms with E-state index in [1.54, 1.807) is 44.2 Å². The van der Waals surface area contributed by atoms with Crippen LogP contribution in [0.4, 0.5) is 4.79 Å². The first-order valence-corrected chi connectivity index (χ1v) is 10.8. The third-order valence-corrected chi connectivity index (χ3v) is 5.29. The van der Waals surface area contributed by atoms with Gasteiger partial charge in [0.05, 0.1) is 5.75 Å². The molecule has 166 valence electrons. The van der Waals surface area contributed by atoms with Crippen molar-refractivity contribution in [2.24, 2.45) is 5.41 Å². The molecule has 1 fully saturated rings. The van der Waals surface area contributed by atoms with Crippen LogP contribution in [-0.4, -0.2) is 48.9 Å². The monoisotopic (exact) mass is 443 g/mol. The minimum Gasteiger partial charge on any atom is -0.418 e. The van der Waals surface area contributed by atoms with Crippen LogP contribution in [0.1, 0.15) is 45.5 Å². The summed E-state index contributed by atoms with van der Waals surface area (Å²) in [5.74, 6) is -1.84. The molecule has 2 unspecified atom stereocenters. The summed E-state index contributed by atoms with van der Waals surface area (Å²) < 4.78 is 46.7. The van der Waals surface area contributed by atoms with Crippen LogP contribution in [0.15, 0.2) is 30.3 Å². The number of cyclic esters (lactones) is 3. The molecule has 10 nitrogen and oxygen atoms in total. The fourth-order valence-corrected chi connectivity index (χ4v) is 3.80. The van der Waals surface area contributed by atoms with Gasteiger partial charge in [-0.25, -0.2) is 9.59 Å². The van der Waals surface area contributed by atoms with Gasteiger partial charge in [-0.15, -0.1) is 0 Å². The van der Waals surface area contributed by atoms with Gasteiger partial charge in [-0.05, 0) is 12.8 Å². The lowest BCUT2D eigenvalue weighted by atomic mass is 9.79. The lowest BCUT2D eigenvalue weighted by molar-refractivity contribution is -0.171. The Labute approximate surface area is 174 Å². The summed E-state index contributed by atoms with van der Waals surface area (Å²) in [7, 11) is -4.25. The highest BCUT2D eigenvalue weighted by Gasteiger charge is 2.45. The molecule has 0 spiro atoms. The maximum Gasteiger partial charge on any atom is 0.512 e. The number of hydrogen-bond donors (Lipinski definition) is 2. The average molecular weight is 443 g/mol. The molecule has 0 radical (unpaired) electrons. The number of ether oxygens (including phenoxy) is 3. The molecule has 0 bridgehead atoms. The average Bonchev–Trinajstić information content (AvgIpc) is 2.78. The lowest BCUT2D eigenvalue weighted by Crippen LogP contribution is -2.45. The van der Waals surface area contributed by atoms with Crippen molar-refractivity contribution >= 4 is 28.1 Å². The Kier molecular flexibility index (Phi) is 7.43. The summed E-state index contributed by atoms with van der Waals surface area (Å²) in [6, 6.07) is 7.67. The Morgan fingerprint density at radius 2 is 1.80 bits per heavy atom. The van der Waals surface area contributed by atoms with Crippen LogP contribution >= 0.6 is 0 Å². The van der Waals surface area contributed by atoms with Gasteiger partial charge in [-0.3, -0.25) is 9.35 Å². The van der Waals surface area contributed by atoms with Gasteiger partial charge >= 0.3 is 12.1 Å². The van der Waals surface area contributed by atoms with Crippen LogP contribution in [0.2, 0.25) is 0 Å². The van der Waals surface area contributed by atoms with Crippen LogP contribution in [0, 0.1) is 5.41 Å². The van der Waals surface area contributed by atoms with Gasteiger partial charge in [-0.2, -0.15) is 8.42 Å². The van der Waals surface area contributed by atoms with E-state index in [-0.39, 0.29) is 12.8 Å². The van der Waals surface area contributed by atoms with Gasteiger partial charge in [-0.1, -0.05) is 44.2 Å². The molecular formula is C19H25NO9S. The molecule has 2 N–H and O–H groups in total. The van der Waals surface area contributed by atoms with E-state index in [9.17, 15) is 22.8 Å². The second-order valence-corrected chi connectivity index (χ2v) is 9.28. The molecule has 1 aliphatic rings. The first-order chi connectivity index (χ1) is 13.9. The van der Waals surface area contributed by atoms with Crippen LogP contribution in [0.3, 0.4) is 0 Å². The molecule has 0 aromatic heterocycles. The van der Waals surface area contributed by atoms with E-state index in [1.165, 1.54) is 6.92 Å². The molecule has 1 aliphatic heterocycles. The minimum atomic E-state index is -4.25. The quantitative estimate of drug-likeness (QED) is 0.455. The zero-order valence-corrected chi connectivity index (χ0v) is 17.7. The summed E-state index contributed by atoms with van der Waals surface area (Å²) in [5.41, 5.74) is -0.612. The lowest BCUT2D eigenvalue weighted by Gasteiger charge is -2.33. The summed E-state index contributed by atoms with van der Waals surface area (Å²) in [6.07, 6.45) is -3.76. The molecule has 3 atom stereocenters. The maximum atomic E-state index is 12.7. The van der Waals surface area contributed by atoms with Gasteiger partial charge in [0.1, 0.15) is 0 Å². The van der Waals surface area contributed by atoms with Crippen molar-refractivity contribution in [1.29, 1.82) is 0 Å². The fraction of sp³-hybridized carbons (Fsp3) is 0.526. The first kappa shape index (κ1) is 23.6. The van der Waals surface area contributed by atoms with Crippen molar-refractivity contribution in [3.05, 3.63) is 35.9 Å².